The van der Waals surface area contributed by atoms with Crippen molar-refractivity contribution >= 4 is 34.3 Å². The van der Waals surface area contributed by atoms with E-state index in [1.54, 1.807) is 50.6 Å². The second-order valence-corrected chi connectivity index (χ2v) is 6.57. The molecule has 1 atom stereocenters. The largest absolute Gasteiger partial charge is 0.325 e. The van der Waals surface area contributed by atoms with Crippen LogP contribution in [0.15, 0.2) is 58.7 Å². The average Bonchev–Trinajstić information content (AvgIpc) is 2.60. The van der Waals surface area contributed by atoms with Crippen LogP contribution in [-0.4, -0.2) is 25.7 Å². The third kappa shape index (κ3) is 3.30. The van der Waals surface area contributed by atoms with Crippen molar-refractivity contribution < 1.29 is 4.79 Å². The van der Waals surface area contributed by atoms with E-state index >= 15 is 0 Å². The fourth-order valence-electron chi connectivity index (χ4n) is 2.19. The van der Waals surface area contributed by atoms with Crippen molar-refractivity contribution in [1.29, 1.82) is 0 Å². The van der Waals surface area contributed by atoms with E-state index in [-0.39, 0.29) is 11.5 Å². The maximum atomic E-state index is 12.4. The van der Waals surface area contributed by atoms with Crippen LogP contribution in [0.4, 0.5) is 5.69 Å². The van der Waals surface area contributed by atoms with E-state index in [2.05, 4.69) is 15.3 Å². The zero-order chi connectivity index (χ0) is 17.1. The van der Waals surface area contributed by atoms with E-state index in [9.17, 15) is 9.59 Å². The van der Waals surface area contributed by atoms with E-state index in [4.69, 9.17) is 0 Å². The number of pyridine rings is 1. The number of para-hydroxylation sites is 1. The number of carbonyl (C=O) groups excluding carboxylic acids is 1. The number of thioether (sulfide) groups is 1. The number of nitrogens with zero attached hydrogens (tertiary/aromatic N) is 3. The molecule has 1 aromatic carbocycles. The van der Waals surface area contributed by atoms with Gasteiger partial charge < -0.3 is 5.32 Å². The van der Waals surface area contributed by atoms with Crippen molar-refractivity contribution in [2.24, 2.45) is 7.05 Å². The molecule has 3 aromatic rings. The third-order valence-electron chi connectivity index (χ3n) is 3.54. The van der Waals surface area contributed by atoms with E-state index < -0.39 is 5.25 Å². The van der Waals surface area contributed by atoms with Gasteiger partial charge in [0.05, 0.1) is 16.2 Å². The van der Waals surface area contributed by atoms with Crippen molar-refractivity contribution in [3.8, 4) is 0 Å². The number of aromatic nitrogens is 3. The first-order valence-electron chi connectivity index (χ1n) is 7.39. The molecular formula is C17H16N4O2S. The Morgan fingerprint density at radius 2 is 1.92 bits per heavy atom. The summed E-state index contributed by atoms with van der Waals surface area (Å²) in [5.41, 5.74) is 1.19. The molecule has 122 valence electrons. The molecule has 0 fully saturated rings. The minimum absolute atomic E-state index is 0.121. The molecule has 0 radical (unpaired) electrons. The molecule has 0 saturated heterocycles. The molecule has 7 heteroatoms. The number of benzene rings is 1. The van der Waals surface area contributed by atoms with Crippen LogP contribution >= 0.6 is 11.8 Å². The zero-order valence-corrected chi connectivity index (χ0v) is 14.1. The third-order valence-corrected chi connectivity index (χ3v) is 4.68. The molecule has 6 nitrogen and oxygen atoms in total. The Kier molecular flexibility index (Phi) is 4.61. The SMILES string of the molecule is CC(Sc1nc2ccccc2c(=O)n1C)C(=O)Nc1ccncc1. The molecule has 0 spiro atoms. The van der Waals surface area contributed by atoms with Gasteiger partial charge in [-0.3, -0.25) is 19.1 Å². The molecular weight excluding hydrogens is 324 g/mol. The smallest absolute Gasteiger partial charge is 0.261 e. The molecule has 0 aliphatic rings. The highest BCUT2D eigenvalue weighted by molar-refractivity contribution is 8.00. The summed E-state index contributed by atoms with van der Waals surface area (Å²) in [5, 5.41) is 3.49. The van der Waals surface area contributed by atoms with Gasteiger partial charge in [0.25, 0.3) is 5.56 Å². The van der Waals surface area contributed by atoms with Gasteiger partial charge in [-0.25, -0.2) is 4.98 Å². The summed E-state index contributed by atoms with van der Waals surface area (Å²) < 4.78 is 1.48. The second-order valence-electron chi connectivity index (χ2n) is 5.26. The van der Waals surface area contributed by atoms with Crippen molar-refractivity contribution in [2.75, 3.05) is 5.32 Å². The minimum atomic E-state index is -0.405. The Hall–Kier alpha value is -2.67. The maximum absolute atomic E-state index is 12.4. The summed E-state index contributed by atoms with van der Waals surface area (Å²) in [4.78, 5) is 33.1. The molecule has 3 rings (SSSR count). The van der Waals surface area contributed by atoms with Gasteiger partial charge in [-0.2, -0.15) is 0 Å². The predicted octanol–water partition coefficient (Wildman–Crippen LogP) is 2.45. The number of amides is 1. The molecule has 0 aliphatic heterocycles. The van der Waals surface area contributed by atoms with Crippen molar-refractivity contribution in [3.63, 3.8) is 0 Å². The number of carbonyl (C=O) groups is 1. The molecule has 0 bridgehead atoms. The van der Waals surface area contributed by atoms with Gasteiger partial charge in [0, 0.05) is 25.1 Å². The number of hydrogen-bond acceptors (Lipinski definition) is 5. The van der Waals surface area contributed by atoms with Crippen molar-refractivity contribution in [3.05, 3.63) is 59.1 Å². The minimum Gasteiger partial charge on any atom is -0.325 e. The van der Waals surface area contributed by atoms with Gasteiger partial charge in [0.1, 0.15) is 0 Å². The van der Waals surface area contributed by atoms with Gasteiger partial charge in [-0.05, 0) is 31.2 Å². The molecule has 24 heavy (non-hydrogen) atoms. The monoisotopic (exact) mass is 340 g/mol. The summed E-state index contributed by atoms with van der Waals surface area (Å²) in [7, 11) is 1.66. The Morgan fingerprint density at radius 1 is 1.21 bits per heavy atom. The molecule has 1 unspecified atom stereocenters. The standard InChI is InChI=1S/C17H16N4O2S/c1-11(15(22)19-12-7-9-18-10-8-12)24-17-20-14-6-4-3-5-13(14)16(23)21(17)2/h3-11H,1-2H3,(H,18,19,22). The van der Waals surface area contributed by atoms with Crippen LogP contribution < -0.4 is 10.9 Å². The highest BCUT2D eigenvalue weighted by Gasteiger charge is 2.18. The lowest BCUT2D eigenvalue weighted by Crippen LogP contribution is -2.25. The molecule has 1 amide bonds. The summed E-state index contributed by atoms with van der Waals surface area (Å²) >= 11 is 1.25. The highest BCUT2D eigenvalue weighted by atomic mass is 32.2. The highest BCUT2D eigenvalue weighted by Crippen LogP contribution is 2.22. The Morgan fingerprint density at radius 3 is 2.67 bits per heavy atom. The molecule has 1 N–H and O–H groups in total. The van der Waals surface area contributed by atoms with E-state index in [0.29, 0.717) is 21.7 Å². The first kappa shape index (κ1) is 16.2. The quantitative estimate of drug-likeness (QED) is 0.583. The summed E-state index contributed by atoms with van der Waals surface area (Å²) in [6, 6.07) is 10.6. The fourth-order valence-corrected chi connectivity index (χ4v) is 3.07. The Labute approximate surface area is 142 Å². The number of anilines is 1. The maximum Gasteiger partial charge on any atom is 0.261 e. The molecule has 0 saturated carbocycles. The van der Waals surface area contributed by atoms with Gasteiger partial charge >= 0.3 is 0 Å². The zero-order valence-electron chi connectivity index (χ0n) is 13.3. The number of nitrogens with one attached hydrogen (secondary N) is 1. The van der Waals surface area contributed by atoms with Gasteiger partial charge in [-0.15, -0.1) is 0 Å². The number of hydrogen-bond donors (Lipinski definition) is 1. The van der Waals surface area contributed by atoms with Crippen LogP contribution in [0, 0.1) is 0 Å². The molecule has 2 heterocycles. The average molecular weight is 340 g/mol. The van der Waals surface area contributed by atoms with E-state index in [0.717, 1.165) is 0 Å². The lowest BCUT2D eigenvalue weighted by Gasteiger charge is -2.14. The first-order valence-corrected chi connectivity index (χ1v) is 8.27. The van der Waals surface area contributed by atoms with E-state index in [1.165, 1.54) is 16.3 Å². The predicted molar refractivity (Wildman–Crippen MR) is 95.2 cm³/mol. The number of rotatable bonds is 4. The van der Waals surface area contributed by atoms with Crippen LogP contribution in [0.3, 0.4) is 0 Å². The van der Waals surface area contributed by atoms with Crippen molar-refractivity contribution in [1.82, 2.24) is 14.5 Å². The van der Waals surface area contributed by atoms with Crippen LogP contribution in [0.5, 0.6) is 0 Å². The lowest BCUT2D eigenvalue weighted by atomic mass is 10.2. The van der Waals surface area contributed by atoms with Gasteiger partial charge in [0.2, 0.25) is 5.91 Å². The van der Waals surface area contributed by atoms with Crippen LogP contribution in [-0.2, 0) is 11.8 Å². The molecule has 2 aromatic heterocycles. The summed E-state index contributed by atoms with van der Waals surface area (Å²) in [6.07, 6.45) is 3.23. The first-order chi connectivity index (χ1) is 11.6. The fraction of sp³-hybridized carbons (Fsp3) is 0.176. The summed E-state index contributed by atoms with van der Waals surface area (Å²) in [6.45, 7) is 1.78. The topological polar surface area (TPSA) is 76.9 Å². The molecule has 0 aliphatic carbocycles. The second kappa shape index (κ2) is 6.84. The van der Waals surface area contributed by atoms with Crippen LogP contribution in [0.2, 0.25) is 0 Å². The van der Waals surface area contributed by atoms with Crippen LogP contribution in [0.25, 0.3) is 10.9 Å². The van der Waals surface area contributed by atoms with Gasteiger partial charge in [0.15, 0.2) is 5.16 Å². The normalized spacial score (nSPS) is 12.1. The summed E-state index contributed by atoms with van der Waals surface area (Å²) in [5.74, 6) is -0.159. The van der Waals surface area contributed by atoms with Crippen LogP contribution in [0.1, 0.15) is 6.92 Å². The Bertz CT molecular complexity index is 940. The van der Waals surface area contributed by atoms with Crippen molar-refractivity contribution in [2.45, 2.75) is 17.3 Å². The van der Waals surface area contributed by atoms with Gasteiger partial charge in [-0.1, -0.05) is 23.9 Å². The Balaban J connectivity index is 1.82. The van der Waals surface area contributed by atoms with E-state index in [1.807, 2.05) is 12.1 Å². The number of fused-ring (bicyclic) bond motifs is 1. The lowest BCUT2D eigenvalue weighted by molar-refractivity contribution is -0.115.